The first-order chi connectivity index (χ1) is 10.2. The van der Waals surface area contributed by atoms with E-state index in [0.717, 1.165) is 11.5 Å². The topological polar surface area (TPSA) is 54.5 Å². The number of amides is 2. The highest BCUT2D eigenvalue weighted by Gasteiger charge is 2.34. The molecule has 1 aromatic rings. The molecule has 2 aliphatic rings. The normalized spacial score (nSPS) is 18.2. The van der Waals surface area contributed by atoms with Crippen LogP contribution in [0.25, 0.3) is 0 Å². The molecule has 4 nitrogen and oxygen atoms in total. The van der Waals surface area contributed by atoms with Crippen LogP contribution in [-0.4, -0.2) is 45.9 Å². The molecule has 110 valence electrons. The molecule has 0 bridgehead atoms. The largest absolute Gasteiger partial charge is 0.294 e. The van der Waals surface area contributed by atoms with E-state index in [1.54, 1.807) is 24.3 Å². The van der Waals surface area contributed by atoms with Crippen molar-refractivity contribution in [3.05, 3.63) is 35.4 Å². The summed E-state index contributed by atoms with van der Waals surface area (Å²) in [5.74, 6) is 1.70. The van der Waals surface area contributed by atoms with Crippen LogP contribution < -0.4 is 0 Å². The van der Waals surface area contributed by atoms with Crippen molar-refractivity contribution in [1.82, 2.24) is 4.90 Å². The summed E-state index contributed by atoms with van der Waals surface area (Å²) in [5, 5.41) is 1.81. The fourth-order valence-electron chi connectivity index (χ4n) is 2.70. The summed E-state index contributed by atoms with van der Waals surface area (Å²) < 4.78 is 0. The third-order valence-corrected chi connectivity index (χ3v) is 6.04. The predicted octanol–water partition coefficient (Wildman–Crippen LogP) is 2.11. The second-order valence-electron chi connectivity index (χ2n) is 5.29. The first-order valence-corrected chi connectivity index (χ1v) is 8.78. The lowest BCUT2D eigenvalue weighted by Crippen LogP contribution is -2.32. The van der Waals surface area contributed by atoms with Gasteiger partial charge in [0.2, 0.25) is 0 Å². The molecule has 0 aromatic heterocycles. The summed E-state index contributed by atoms with van der Waals surface area (Å²) in [6.45, 7) is 0.179. The van der Waals surface area contributed by atoms with Gasteiger partial charge in [0.05, 0.1) is 11.1 Å². The minimum absolute atomic E-state index is 0.0526. The van der Waals surface area contributed by atoms with E-state index >= 15 is 0 Å². The van der Waals surface area contributed by atoms with Crippen LogP contribution in [0, 0.1) is 0 Å². The number of nitrogens with zero attached hydrogens (tertiary/aromatic N) is 1. The third-order valence-electron chi connectivity index (χ3n) is 3.82. The molecule has 1 fully saturated rings. The molecule has 2 aliphatic heterocycles. The Hall–Kier alpha value is -1.75. The SMILES string of the molecule is O=C(C=S1CCCC1)CCN1C(=O)c2ccccc2C1=O. The van der Waals surface area contributed by atoms with Gasteiger partial charge in [-0.25, -0.2) is 0 Å². The van der Waals surface area contributed by atoms with Crippen molar-refractivity contribution in [2.75, 3.05) is 18.1 Å². The van der Waals surface area contributed by atoms with Crippen molar-refractivity contribution in [1.29, 1.82) is 0 Å². The van der Waals surface area contributed by atoms with Crippen LogP contribution >= 0.6 is 10.5 Å². The highest BCUT2D eigenvalue weighted by Crippen LogP contribution is 2.25. The standard InChI is InChI=1S/C16H17NO3S/c18-12(11-21-9-3-4-10-21)7-8-17-15(19)13-5-1-2-6-14(13)16(17)20/h1-2,5-6,11H,3-4,7-10H2. The van der Waals surface area contributed by atoms with E-state index in [4.69, 9.17) is 0 Å². The average molecular weight is 303 g/mol. The molecule has 0 N–H and O–H groups in total. The van der Waals surface area contributed by atoms with Gasteiger partial charge < -0.3 is 0 Å². The number of hydrogen-bond acceptors (Lipinski definition) is 3. The molecule has 0 spiro atoms. The number of fused-ring (bicyclic) bond motifs is 1. The van der Waals surface area contributed by atoms with Crippen molar-refractivity contribution < 1.29 is 14.4 Å². The molecule has 1 aromatic carbocycles. The van der Waals surface area contributed by atoms with Gasteiger partial charge >= 0.3 is 0 Å². The zero-order valence-electron chi connectivity index (χ0n) is 11.7. The Bertz CT molecular complexity index is 608. The van der Waals surface area contributed by atoms with Crippen molar-refractivity contribution in [3.8, 4) is 0 Å². The van der Waals surface area contributed by atoms with E-state index in [0.29, 0.717) is 11.1 Å². The second-order valence-corrected chi connectivity index (χ2v) is 7.42. The van der Waals surface area contributed by atoms with Gasteiger partial charge in [0.15, 0.2) is 5.78 Å². The first kappa shape index (κ1) is 14.2. The number of imide groups is 1. The number of Topliss-reactive ketones (excluding diaryl/α,β-unsaturated/α-hetero) is 1. The van der Waals surface area contributed by atoms with Gasteiger partial charge in [0.1, 0.15) is 0 Å². The number of carbonyl (C=O) groups excluding carboxylic acids is 3. The highest BCUT2D eigenvalue weighted by atomic mass is 32.2. The van der Waals surface area contributed by atoms with Crippen LogP contribution in [0.2, 0.25) is 0 Å². The first-order valence-electron chi connectivity index (χ1n) is 7.16. The molecule has 0 aliphatic carbocycles. The molecular weight excluding hydrogens is 286 g/mol. The van der Waals surface area contributed by atoms with E-state index in [1.807, 2.05) is 5.37 Å². The van der Waals surface area contributed by atoms with Crippen molar-refractivity contribution in [3.63, 3.8) is 0 Å². The number of ketones is 1. The molecular formula is C16H17NO3S. The minimum atomic E-state index is -0.285. The average Bonchev–Trinajstić information content (AvgIpc) is 3.07. The quantitative estimate of drug-likeness (QED) is 0.632. The molecule has 21 heavy (non-hydrogen) atoms. The minimum Gasteiger partial charge on any atom is -0.294 e. The van der Waals surface area contributed by atoms with E-state index < -0.39 is 0 Å². The van der Waals surface area contributed by atoms with Gasteiger partial charge in [0, 0.05) is 18.3 Å². The summed E-state index contributed by atoms with van der Waals surface area (Å²) in [6.07, 6.45) is 2.63. The van der Waals surface area contributed by atoms with Crippen molar-refractivity contribution in [2.24, 2.45) is 0 Å². The lowest BCUT2D eigenvalue weighted by Gasteiger charge is -2.12. The van der Waals surface area contributed by atoms with E-state index in [-0.39, 0.29) is 41.0 Å². The van der Waals surface area contributed by atoms with Crippen molar-refractivity contribution in [2.45, 2.75) is 19.3 Å². The van der Waals surface area contributed by atoms with Gasteiger partial charge in [-0.2, -0.15) is 10.5 Å². The predicted molar refractivity (Wildman–Crippen MR) is 84.1 cm³/mol. The van der Waals surface area contributed by atoms with Crippen LogP contribution in [0.4, 0.5) is 0 Å². The Morgan fingerprint density at radius 1 is 1.10 bits per heavy atom. The molecule has 5 heteroatoms. The molecule has 0 radical (unpaired) electrons. The van der Waals surface area contributed by atoms with Gasteiger partial charge in [-0.05, 0) is 36.5 Å². The van der Waals surface area contributed by atoms with Gasteiger partial charge in [-0.1, -0.05) is 12.1 Å². The summed E-state index contributed by atoms with van der Waals surface area (Å²) in [6, 6.07) is 6.80. The number of hydrogen-bond donors (Lipinski definition) is 0. The summed E-state index contributed by atoms with van der Waals surface area (Å²) in [4.78, 5) is 37.4. The molecule has 0 atom stereocenters. The van der Waals surface area contributed by atoms with Crippen LogP contribution in [0.1, 0.15) is 40.0 Å². The fourth-order valence-corrected chi connectivity index (χ4v) is 4.78. The Balaban J connectivity index is 1.64. The number of carbonyl (C=O) groups is 3. The smallest absolute Gasteiger partial charge is 0.261 e. The van der Waals surface area contributed by atoms with E-state index in [9.17, 15) is 14.4 Å². The maximum absolute atomic E-state index is 12.1. The Morgan fingerprint density at radius 3 is 2.24 bits per heavy atom. The van der Waals surface area contributed by atoms with Gasteiger partial charge in [0.25, 0.3) is 11.8 Å². The van der Waals surface area contributed by atoms with Crippen LogP contribution in [-0.2, 0) is 4.79 Å². The maximum Gasteiger partial charge on any atom is 0.261 e. The maximum atomic E-state index is 12.1. The molecule has 3 rings (SSSR count). The molecule has 2 amide bonds. The fraction of sp³-hybridized carbons (Fsp3) is 0.375. The lowest BCUT2D eigenvalue weighted by atomic mass is 10.1. The number of benzene rings is 1. The highest BCUT2D eigenvalue weighted by molar-refractivity contribution is 8.16. The van der Waals surface area contributed by atoms with E-state index in [1.165, 1.54) is 17.7 Å². The Morgan fingerprint density at radius 2 is 1.67 bits per heavy atom. The monoisotopic (exact) mass is 303 g/mol. The third kappa shape index (κ3) is 2.83. The number of rotatable bonds is 4. The lowest BCUT2D eigenvalue weighted by molar-refractivity contribution is -0.112. The van der Waals surface area contributed by atoms with Crippen LogP contribution in [0.5, 0.6) is 0 Å². The summed E-state index contributed by atoms with van der Waals surface area (Å²) in [5.41, 5.74) is 0.883. The molecule has 1 saturated heterocycles. The Kier molecular flexibility index (Phi) is 4.01. The summed E-state index contributed by atoms with van der Waals surface area (Å²) in [7, 11) is 0.119. The molecule has 2 heterocycles. The van der Waals surface area contributed by atoms with Gasteiger partial charge in [-0.3, -0.25) is 19.3 Å². The Labute approximate surface area is 126 Å². The molecule has 0 saturated carbocycles. The second kappa shape index (κ2) is 5.93. The van der Waals surface area contributed by atoms with Crippen molar-refractivity contribution >= 4 is 33.4 Å². The van der Waals surface area contributed by atoms with Gasteiger partial charge in [-0.15, -0.1) is 0 Å². The summed E-state index contributed by atoms with van der Waals surface area (Å²) >= 11 is 0. The zero-order valence-corrected chi connectivity index (χ0v) is 12.5. The van der Waals surface area contributed by atoms with Crippen LogP contribution in [0.3, 0.4) is 0 Å². The van der Waals surface area contributed by atoms with E-state index in [2.05, 4.69) is 0 Å². The molecule has 0 unspecified atom stereocenters. The van der Waals surface area contributed by atoms with Crippen LogP contribution in [0.15, 0.2) is 24.3 Å². The zero-order chi connectivity index (χ0) is 14.8.